The molecular formula is C20H32IN5O. The first-order valence-corrected chi connectivity index (χ1v) is 9.17. The summed E-state index contributed by atoms with van der Waals surface area (Å²) in [5, 5.41) is 11.2. The number of guanidine groups is 1. The Morgan fingerprint density at radius 1 is 1.19 bits per heavy atom. The van der Waals surface area contributed by atoms with Crippen LogP contribution < -0.4 is 15.4 Å². The highest BCUT2D eigenvalue weighted by Gasteiger charge is 2.09. The predicted octanol–water partition coefficient (Wildman–Crippen LogP) is 3.70. The number of halogens is 1. The number of ether oxygens (including phenoxy) is 1. The Balaban J connectivity index is 0.00000364. The molecule has 0 saturated heterocycles. The van der Waals surface area contributed by atoms with Gasteiger partial charge in [-0.15, -0.1) is 24.0 Å². The summed E-state index contributed by atoms with van der Waals surface area (Å²) < 4.78 is 7.59. The van der Waals surface area contributed by atoms with Crippen LogP contribution in [-0.2, 0) is 20.1 Å². The minimum atomic E-state index is 0. The zero-order chi connectivity index (χ0) is 19.1. The maximum Gasteiger partial charge on any atom is 0.191 e. The van der Waals surface area contributed by atoms with E-state index in [-0.39, 0.29) is 30.1 Å². The van der Waals surface area contributed by atoms with Gasteiger partial charge in [0.2, 0.25) is 0 Å². The van der Waals surface area contributed by atoms with Crippen molar-refractivity contribution in [1.82, 2.24) is 20.4 Å². The molecule has 6 nitrogen and oxygen atoms in total. The third kappa shape index (κ3) is 7.04. The van der Waals surface area contributed by atoms with Gasteiger partial charge in [0.25, 0.3) is 0 Å². The molecule has 0 aliphatic rings. The van der Waals surface area contributed by atoms with Gasteiger partial charge in [0.05, 0.1) is 18.3 Å². The number of nitrogens with one attached hydrogen (secondary N) is 2. The number of benzene rings is 1. The number of rotatable bonds is 7. The Bertz CT molecular complexity index is 738. The fraction of sp³-hybridized carbons (Fsp3) is 0.500. The van der Waals surface area contributed by atoms with Crippen molar-refractivity contribution in [2.45, 2.75) is 53.8 Å². The quantitative estimate of drug-likeness (QED) is 0.357. The van der Waals surface area contributed by atoms with E-state index in [2.05, 4.69) is 46.7 Å². The minimum Gasteiger partial charge on any atom is -0.491 e. The number of aliphatic imine (C=N–C) groups is 1. The van der Waals surface area contributed by atoms with Crippen molar-refractivity contribution in [3.8, 4) is 5.75 Å². The summed E-state index contributed by atoms with van der Waals surface area (Å²) >= 11 is 0. The van der Waals surface area contributed by atoms with E-state index in [1.54, 1.807) is 0 Å². The molecule has 0 aliphatic heterocycles. The Morgan fingerprint density at radius 2 is 1.85 bits per heavy atom. The molecule has 1 heterocycles. The second kappa shape index (κ2) is 11.2. The lowest BCUT2D eigenvalue weighted by Gasteiger charge is -2.12. The normalized spacial score (nSPS) is 11.3. The molecule has 27 heavy (non-hydrogen) atoms. The van der Waals surface area contributed by atoms with Crippen LogP contribution in [-0.4, -0.2) is 28.4 Å². The molecular weight excluding hydrogens is 453 g/mol. The first-order chi connectivity index (χ1) is 12.4. The van der Waals surface area contributed by atoms with Crippen molar-refractivity contribution in [3.05, 3.63) is 46.8 Å². The Labute approximate surface area is 179 Å². The zero-order valence-electron chi connectivity index (χ0n) is 17.2. The molecule has 0 saturated carbocycles. The lowest BCUT2D eigenvalue weighted by molar-refractivity contribution is 0.242. The third-order valence-electron chi connectivity index (χ3n) is 4.15. The van der Waals surface area contributed by atoms with Crippen LogP contribution in [0.5, 0.6) is 5.75 Å². The van der Waals surface area contributed by atoms with Crippen LogP contribution in [0.2, 0.25) is 0 Å². The average molecular weight is 485 g/mol. The van der Waals surface area contributed by atoms with E-state index in [9.17, 15) is 0 Å². The molecule has 1 aromatic heterocycles. The van der Waals surface area contributed by atoms with Gasteiger partial charge in [-0.3, -0.25) is 4.68 Å². The van der Waals surface area contributed by atoms with Gasteiger partial charge in [0.15, 0.2) is 5.96 Å². The summed E-state index contributed by atoms with van der Waals surface area (Å²) in [7, 11) is 1.97. The van der Waals surface area contributed by atoms with Crippen LogP contribution in [0, 0.1) is 13.8 Å². The van der Waals surface area contributed by atoms with E-state index in [4.69, 9.17) is 4.74 Å². The van der Waals surface area contributed by atoms with E-state index in [0.717, 1.165) is 29.5 Å². The predicted molar refractivity (Wildman–Crippen MR) is 122 cm³/mol. The first kappa shape index (κ1) is 23.3. The molecule has 2 aromatic rings. The monoisotopic (exact) mass is 485 g/mol. The van der Waals surface area contributed by atoms with Crippen molar-refractivity contribution in [2.24, 2.45) is 12.0 Å². The lowest BCUT2D eigenvalue weighted by atomic mass is 10.2. The smallest absolute Gasteiger partial charge is 0.191 e. The Hall–Kier alpha value is -1.77. The topological polar surface area (TPSA) is 63.5 Å². The van der Waals surface area contributed by atoms with Crippen molar-refractivity contribution in [1.29, 1.82) is 0 Å². The molecule has 0 unspecified atom stereocenters. The second-order valence-electron chi connectivity index (χ2n) is 6.63. The van der Waals surface area contributed by atoms with E-state index in [1.165, 1.54) is 11.3 Å². The van der Waals surface area contributed by atoms with E-state index < -0.39 is 0 Å². The summed E-state index contributed by atoms with van der Waals surface area (Å²) in [6, 6.07) is 8.10. The van der Waals surface area contributed by atoms with E-state index in [1.807, 2.05) is 44.6 Å². The van der Waals surface area contributed by atoms with Crippen molar-refractivity contribution < 1.29 is 4.74 Å². The first-order valence-electron chi connectivity index (χ1n) is 9.17. The highest BCUT2D eigenvalue weighted by atomic mass is 127. The highest BCUT2D eigenvalue weighted by molar-refractivity contribution is 14.0. The number of nitrogens with zero attached hydrogens (tertiary/aromatic N) is 3. The van der Waals surface area contributed by atoms with Gasteiger partial charge in [0, 0.05) is 31.4 Å². The summed E-state index contributed by atoms with van der Waals surface area (Å²) in [5.41, 5.74) is 4.58. The molecule has 0 amide bonds. The summed E-state index contributed by atoms with van der Waals surface area (Å²) in [4.78, 5) is 4.68. The van der Waals surface area contributed by atoms with Gasteiger partial charge in [-0.25, -0.2) is 4.99 Å². The van der Waals surface area contributed by atoms with Crippen LogP contribution in [0.1, 0.15) is 43.3 Å². The van der Waals surface area contributed by atoms with E-state index >= 15 is 0 Å². The molecule has 2 N–H and O–H groups in total. The zero-order valence-corrected chi connectivity index (χ0v) is 19.5. The lowest BCUT2D eigenvalue weighted by Crippen LogP contribution is -2.37. The SMILES string of the molecule is CCNC(=NCc1ccc(OC(C)C)cc1)NCc1c(C)nn(C)c1C.I. The number of hydrogen-bond acceptors (Lipinski definition) is 3. The summed E-state index contributed by atoms with van der Waals surface area (Å²) in [6.07, 6.45) is 0.183. The third-order valence-corrected chi connectivity index (χ3v) is 4.15. The van der Waals surface area contributed by atoms with E-state index in [0.29, 0.717) is 13.1 Å². The summed E-state index contributed by atoms with van der Waals surface area (Å²) in [6.45, 7) is 12.4. The van der Waals surface area contributed by atoms with Gasteiger partial charge in [0.1, 0.15) is 5.75 Å². The van der Waals surface area contributed by atoms with Gasteiger partial charge in [-0.1, -0.05) is 12.1 Å². The molecule has 150 valence electrons. The number of aryl methyl sites for hydroxylation is 2. The molecule has 1 aromatic carbocycles. The van der Waals surface area contributed by atoms with Crippen molar-refractivity contribution >= 4 is 29.9 Å². The average Bonchev–Trinajstić information content (AvgIpc) is 2.83. The van der Waals surface area contributed by atoms with Gasteiger partial charge in [-0.2, -0.15) is 5.10 Å². The van der Waals surface area contributed by atoms with Crippen molar-refractivity contribution in [2.75, 3.05) is 6.54 Å². The minimum absolute atomic E-state index is 0. The van der Waals surface area contributed by atoms with Crippen LogP contribution >= 0.6 is 24.0 Å². The van der Waals surface area contributed by atoms with Gasteiger partial charge < -0.3 is 15.4 Å². The van der Waals surface area contributed by atoms with Crippen LogP contribution in [0.3, 0.4) is 0 Å². The number of aromatic nitrogens is 2. The molecule has 0 aliphatic carbocycles. The molecule has 0 spiro atoms. The van der Waals surface area contributed by atoms with Crippen molar-refractivity contribution in [3.63, 3.8) is 0 Å². The fourth-order valence-electron chi connectivity index (χ4n) is 2.70. The van der Waals surface area contributed by atoms with Crippen LogP contribution in [0.15, 0.2) is 29.3 Å². The Kier molecular flexibility index (Phi) is 9.62. The van der Waals surface area contributed by atoms with Gasteiger partial charge >= 0.3 is 0 Å². The van der Waals surface area contributed by atoms with Crippen LogP contribution in [0.4, 0.5) is 0 Å². The summed E-state index contributed by atoms with van der Waals surface area (Å²) in [5.74, 6) is 1.69. The van der Waals surface area contributed by atoms with Gasteiger partial charge in [-0.05, 0) is 52.3 Å². The highest BCUT2D eigenvalue weighted by Crippen LogP contribution is 2.14. The molecule has 7 heteroatoms. The second-order valence-corrected chi connectivity index (χ2v) is 6.63. The number of hydrogen-bond donors (Lipinski definition) is 2. The largest absolute Gasteiger partial charge is 0.491 e. The molecule has 0 fully saturated rings. The fourth-order valence-corrected chi connectivity index (χ4v) is 2.70. The Morgan fingerprint density at radius 3 is 2.37 bits per heavy atom. The maximum absolute atomic E-state index is 5.68. The molecule has 0 bridgehead atoms. The van der Waals surface area contributed by atoms with Crippen LogP contribution in [0.25, 0.3) is 0 Å². The standard InChI is InChI=1S/C20H31N5O.HI/c1-7-21-20(23-13-19-15(4)24-25(6)16(19)5)22-12-17-8-10-18(11-9-17)26-14(2)3;/h8-11,14H,7,12-13H2,1-6H3,(H2,21,22,23);1H. The molecule has 0 radical (unpaired) electrons. The maximum atomic E-state index is 5.68. The molecule has 2 rings (SSSR count). The molecule has 0 atom stereocenters.